The molecule has 5 heteroatoms. The van der Waals surface area contributed by atoms with Gasteiger partial charge < -0.3 is 16.4 Å². The largest absolute Gasteiger partial charge is 0.399 e. The molecule has 21 heavy (non-hydrogen) atoms. The number of pyridine rings is 1. The van der Waals surface area contributed by atoms with Gasteiger partial charge >= 0.3 is 0 Å². The van der Waals surface area contributed by atoms with Gasteiger partial charge in [-0.05, 0) is 45.0 Å². The number of carbonyl (C=O) groups excluding carboxylic acids is 1. The van der Waals surface area contributed by atoms with Crippen molar-refractivity contribution in [1.82, 2.24) is 10.3 Å². The summed E-state index contributed by atoms with van der Waals surface area (Å²) in [7, 11) is 1.65. The summed E-state index contributed by atoms with van der Waals surface area (Å²) >= 11 is 0. The lowest BCUT2D eigenvalue weighted by Crippen LogP contribution is -2.39. The van der Waals surface area contributed by atoms with Crippen LogP contribution in [-0.4, -0.2) is 24.5 Å². The number of anilines is 2. The molecular weight excluding hydrogens is 264 g/mol. The minimum Gasteiger partial charge on any atom is -0.399 e. The highest BCUT2D eigenvalue weighted by atomic mass is 16.2. The second-order valence-corrected chi connectivity index (χ2v) is 5.90. The third-order valence-corrected chi connectivity index (χ3v) is 3.52. The van der Waals surface area contributed by atoms with Crippen LogP contribution in [0.25, 0.3) is 10.9 Å². The molecule has 1 heterocycles. The zero-order chi connectivity index (χ0) is 15.6. The standard InChI is InChI=1S/C16H22N4O/c1-10-7-14(19-9-16(2,3)15(21)18-4)12-8-11(17)5-6-13(12)20-10/h5-8H,9,17H2,1-4H3,(H,18,21)(H,19,20). The summed E-state index contributed by atoms with van der Waals surface area (Å²) < 4.78 is 0. The van der Waals surface area contributed by atoms with Crippen LogP contribution in [0, 0.1) is 12.3 Å². The Morgan fingerprint density at radius 2 is 2.05 bits per heavy atom. The van der Waals surface area contributed by atoms with Crippen LogP contribution in [0.1, 0.15) is 19.5 Å². The third kappa shape index (κ3) is 3.24. The van der Waals surface area contributed by atoms with Crippen LogP contribution in [0.3, 0.4) is 0 Å². The Morgan fingerprint density at radius 1 is 1.33 bits per heavy atom. The molecule has 1 amide bonds. The molecule has 0 aliphatic heterocycles. The Balaban J connectivity index is 2.34. The topological polar surface area (TPSA) is 80.0 Å². The number of aromatic nitrogens is 1. The van der Waals surface area contributed by atoms with Crippen LogP contribution in [-0.2, 0) is 4.79 Å². The first kappa shape index (κ1) is 15.1. The summed E-state index contributed by atoms with van der Waals surface area (Å²) in [4.78, 5) is 16.4. The van der Waals surface area contributed by atoms with Gasteiger partial charge in [-0.3, -0.25) is 9.78 Å². The van der Waals surface area contributed by atoms with E-state index in [1.54, 1.807) is 7.05 Å². The molecule has 0 fully saturated rings. The number of nitrogens with zero attached hydrogens (tertiary/aromatic N) is 1. The van der Waals surface area contributed by atoms with Crippen molar-refractivity contribution in [2.75, 3.05) is 24.6 Å². The van der Waals surface area contributed by atoms with E-state index in [4.69, 9.17) is 5.73 Å². The molecule has 112 valence electrons. The monoisotopic (exact) mass is 286 g/mol. The number of benzene rings is 1. The van der Waals surface area contributed by atoms with Gasteiger partial charge in [0.15, 0.2) is 0 Å². The Morgan fingerprint density at radius 3 is 2.71 bits per heavy atom. The van der Waals surface area contributed by atoms with Crippen molar-refractivity contribution in [1.29, 1.82) is 0 Å². The molecule has 0 spiro atoms. The van der Waals surface area contributed by atoms with Crippen LogP contribution >= 0.6 is 0 Å². The predicted molar refractivity (Wildman–Crippen MR) is 87.2 cm³/mol. The molecule has 0 atom stereocenters. The smallest absolute Gasteiger partial charge is 0.227 e. The van der Waals surface area contributed by atoms with Gasteiger partial charge in [0.1, 0.15) is 0 Å². The molecule has 4 N–H and O–H groups in total. The highest BCUT2D eigenvalue weighted by Gasteiger charge is 2.26. The lowest BCUT2D eigenvalue weighted by atomic mass is 9.92. The molecule has 0 unspecified atom stereocenters. The van der Waals surface area contributed by atoms with Crippen molar-refractivity contribution in [2.24, 2.45) is 5.41 Å². The summed E-state index contributed by atoms with van der Waals surface area (Å²) in [6.07, 6.45) is 0. The van der Waals surface area contributed by atoms with Gasteiger partial charge in [-0.15, -0.1) is 0 Å². The van der Waals surface area contributed by atoms with E-state index in [1.807, 2.05) is 45.0 Å². The lowest BCUT2D eigenvalue weighted by Gasteiger charge is -2.24. The molecule has 0 bridgehead atoms. The van der Waals surface area contributed by atoms with Crippen molar-refractivity contribution in [2.45, 2.75) is 20.8 Å². The summed E-state index contributed by atoms with van der Waals surface area (Å²) in [5, 5.41) is 7.01. The quantitative estimate of drug-likeness (QED) is 0.753. The Kier molecular flexibility index (Phi) is 4.02. The van der Waals surface area contributed by atoms with Crippen LogP contribution in [0.2, 0.25) is 0 Å². The molecule has 2 rings (SSSR count). The number of nitrogens with one attached hydrogen (secondary N) is 2. The molecule has 0 saturated carbocycles. The Bertz CT molecular complexity index is 679. The number of nitrogen functional groups attached to an aromatic ring is 1. The highest BCUT2D eigenvalue weighted by Crippen LogP contribution is 2.26. The fourth-order valence-corrected chi connectivity index (χ4v) is 2.26. The number of fused-ring (bicyclic) bond motifs is 1. The first-order chi connectivity index (χ1) is 9.83. The van der Waals surface area contributed by atoms with E-state index in [1.165, 1.54) is 0 Å². The number of hydrogen-bond donors (Lipinski definition) is 3. The average molecular weight is 286 g/mol. The molecule has 0 saturated heterocycles. The molecular formula is C16H22N4O. The van der Waals surface area contributed by atoms with E-state index in [-0.39, 0.29) is 5.91 Å². The minimum absolute atomic E-state index is 0.00426. The number of nitrogens with two attached hydrogens (primary N) is 1. The Labute approximate surface area is 124 Å². The number of amides is 1. The third-order valence-electron chi connectivity index (χ3n) is 3.52. The van der Waals surface area contributed by atoms with Crippen LogP contribution in [0.4, 0.5) is 11.4 Å². The number of rotatable bonds is 4. The van der Waals surface area contributed by atoms with E-state index in [0.717, 1.165) is 22.3 Å². The number of aryl methyl sites for hydroxylation is 1. The van der Waals surface area contributed by atoms with Crippen molar-refractivity contribution in [3.8, 4) is 0 Å². The number of carbonyl (C=O) groups is 1. The lowest BCUT2D eigenvalue weighted by molar-refractivity contribution is -0.128. The first-order valence-electron chi connectivity index (χ1n) is 6.96. The maximum Gasteiger partial charge on any atom is 0.227 e. The number of hydrogen-bond acceptors (Lipinski definition) is 4. The molecule has 1 aromatic heterocycles. The van der Waals surface area contributed by atoms with Crippen LogP contribution in [0.15, 0.2) is 24.3 Å². The summed E-state index contributed by atoms with van der Waals surface area (Å²) in [6.45, 7) is 6.29. The van der Waals surface area contributed by atoms with Crippen molar-refractivity contribution in [3.05, 3.63) is 30.0 Å². The predicted octanol–water partition coefficient (Wildman–Crippen LogP) is 2.31. The van der Waals surface area contributed by atoms with Crippen molar-refractivity contribution < 1.29 is 4.79 Å². The van der Waals surface area contributed by atoms with E-state index in [9.17, 15) is 4.79 Å². The minimum atomic E-state index is -0.501. The highest BCUT2D eigenvalue weighted by molar-refractivity contribution is 5.93. The van der Waals surface area contributed by atoms with Gasteiger partial charge in [-0.25, -0.2) is 0 Å². The van der Waals surface area contributed by atoms with Crippen molar-refractivity contribution in [3.63, 3.8) is 0 Å². The van der Waals surface area contributed by atoms with Gasteiger partial charge in [0.05, 0.1) is 10.9 Å². The van der Waals surface area contributed by atoms with E-state index >= 15 is 0 Å². The first-order valence-corrected chi connectivity index (χ1v) is 6.96. The van der Waals surface area contributed by atoms with Gasteiger partial charge in [0, 0.05) is 36.0 Å². The second kappa shape index (κ2) is 5.60. The molecule has 0 aliphatic carbocycles. The van der Waals surface area contributed by atoms with Gasteiger partial charge in [-0.1, -0.05) is 0 Å². The molecule has 0 aliphatic rings. The van der Waals surface area contributed by atoms with Gasteiger partial charge in [-0.2, -0.15) is 0 Å². The van der Waals surface area contributed by atoms with Crippen LogP contribution in [0.5, 0.6) is 0 Å². The summed E-state index contributed by atoms with van der Waals surface area (Å²) in [5.41, 5.74) is 8.82. The zero-order valence-electron chi connectivity index (χ0n) is 12.9. The fourth-order valence-electron chi connectivity index (χ4n) is 2.26. The molecule has 0 radical (unpaired) electrons. The van der Waals surface area contributed by atoms with E-state index < -0.39 is 5.41 Å². The molecule has 1 aromatic carbocycles. The maximum atomic E-state index is 11.9. The van der Waals surface area contributed by atoms with E-state index in [0.29, 0.717) is 12.2 Å². The van der Waals surface area contributed by atoms with Crippen LogP contribution < -0.4 is 16.4 Å². The van der Waals surface area contributed by atoms with Gasteiger partial charge in [0.2, 0.25) is 5.91 Å². The second-order valence-electron chi connectivity index (χ2n) is 5.90. The van der Waals surface area contributed by atoms with E-state index in [2.05, 4.69) is 15.6 Å². The Hall–Kier alpha value is -2.30. The van der Waals surface area contributed by atoms with Gasteiger partial charge in [0.25, 0.3) is 0 Å². The van der Waals surface area contributed by atoms with Crippen molar-refractivity contribution >= 4 is 28.2 Å². The summed E-state index contributed by atoms with van der Waals surface area (Å²) in [5.74, 6) is 0.00426. The molecule has 5 nitrogen and oxygen atoms in total. The molecule has 2 aromatic rings. The average Bonchev–Trinajstić information content (AvgIpc) is 2.44. The SMILES string of the molecule is CNC(=O)C(C)(C)CNc1cc(C)nc2ccc(N)cc12. The normalized spacial score (nSPS) is 11.4. The maximum absolute atomic E-state index is 11.9. The zero-order valence-corrected chi connectivity index (χ0v) is 12.9. The fraction of sp³-hybridized carbons (Fsp3) is 0.375. The summed E-state index contributed by atoms with van der Waals surface area (Å²) in [6, 6.07) is 7.62.